The number of nitrogens with zero attached hydrogens (tertiary/aromatic N) is 3. The normalized spacial score (nSPS) is 33.9. The Bertz CT molecular complexity index is 750. The number of amides is 3. The van der Waals surface area contributed by atoms with Crippen molar-refractivity contribution >= 4 is 11.9 Å². The molecule has 0 radical (unpaired) electrons. The zero-order valence-electron chi connectivity index (χ0n) is 22.9. The number of ether oxygens (including phenoxy) is 1. The molecule has 6 aliphatic rings. The first-order chi connectivity index (χ1) is 17.3. The minimum Gasteiger partial charge on any atom is -0.389 e. The lowest BCUT2D eigenvalue weighted by atomic mass is 9.49. The van der Waals surface area contributed by atoms with Crippen molar-refractivity contribution in [3.05, 3.63) is 0 Å². The van der Waals surface area contributed by atoms with E-state index in [1.165, 1.54) is 38.5 Å². The summed E-state index contributed by atoms with van der Waals surface area (Å²) in [4.78, 5) is 32.9. The maximum Gasteiger partial charge on any atom is 0.320 e. The van der Waals surface area contributed by atoms with Crippen LogP contribution in [-0.2, 0) is 9.53 Å². The van der Waals surface area contributed by atoms with E-state index in [1.807, 2.05) is 18.7 Å². The lowest BCUT2D eigenvalue weighted by molar-refractivity contribution is -0.159. The molecule has 1 unspecified atom stereocenters. The van der Waals surface area contributed by atoms with Crippen molar-refractivity contribution in [3.8, 4) is 0 Å². The molecule has 6 fully saturated rings. The molecule has 204 valence electrons. The number of carbonyl (C=O) groups excluding carboxylic acids is 2. The van der Waals surface area contributed by atoms with Gasteiger partial charge in [-0.15, -0.1) is 0 Å². The van der Waals surface area contributed by atoms with Crippen LogP contribution in [0.25, 0.3) is 0 Å². The van der Waals surface area contributed by atoms with Crippen molar-refractivity contribution < 1.29 is 19.4 Å². The third kappa shape index (κ3) is 5.29. The van der Waals surface area contributed by atoms with Gasteiger partial charge < -0.3 is 24.5 Å². The molecular formula is C29H49N3O4. The quantitative estimate of drug-likeness (QED) is 0.570. The molecule has 1 N–H and O–H groups in total. The first-order valence-corrected chi connectivity index (χ1v) is 14.8. The minimum atomic E-state index is -0.662. The SMILES string of the molecule is COCC(O)CN(C(=O)N1CCC(C2CCN(C(=O)C34CC5CC(CC(C5)C3)C4)CC2)CC1)C(C)C. The van der Waals surface area contributed by atoms with Crippen LogP contribution < -0.4 is 0 Å². The molecule has 7 nitrogen and oxygen atoms in total. The van der Waals surface area contributed by atoms with Gasteiger partial charge in [-0.2, -0.15) is 0 Å². The van der Waals surface area contributed by atoms with Crippen molar-refractivity contribution in [3.63, 3.8) is 0 Å². The summed E-state index contributed by atoms with van der Waals surface area (Å²) in [7, 11) is 1.57. The fraction of sp³-hybridized carbons (Fsp3) is 0.931. The van der Waals surface area contributed by atoms with E-state index in [2.05, 4.69) is 4.90 Å². The Hall–Kier alpha value is -1.34. The van der Waals surface area contributed by atoms with Crippen LogP contribution in [0.4, 0.5) is 4.79 Å². The van der Waals surface area contributed by atoms with Crippen molar-refractivity contribution in [1.29, 1.82) is 0 Å². The van der Waals surface area contributed by atoms with Crippen LogP contribution in [0.3, 0.4) is 0 Å². The average molecular weight is 504 g/mol. The predicted octanol–water partition coefficient (Wildman–Crippen LogP) is 3.99. The second-order valence-electron chi connectivity index (χ2n) is 13.3. The van der Waals surface area contributed by atoms with Crippen molar-refractivity contribution in [2.45, 2.75) is 90.2 Å². The standard InChI is InChI=1S/C29H49N3O4/c1-20(2)32(18-26(33)19-36-3)28(35)31-10-6-25(7-11-31)24-4-8-30(9-5-24)27(34)29-15-21-12-22(16-29)14-23(13-21)17-29/h20-26,33H,4-19H2,1-3H3. The summed E-state index contributed by atoms with van der Waals surface area (Å²) in [5.41, 5.74) is -0.00753. The number of hydrogen-bond acceptors (Lipinski definition) is 4. The lowest BCUT2D eigenvalue weighted by Gasteiger charge is -2.57. The largest absolute Gasteiger partial charge is 0.389 e. The van der Waals surface area contributed by atoms with Crippen LogP contribution >= 0.6 is 0 Å². The highest BCUT2D eigenvalue weighted by Gasteiger charge is 2.55. The van der Waals surface area contributed by atoms with Crippen LogP contribution in [-0.4, -0.2) is 90.3 Å². The number of aliphatic hydroxyl groups is 1. The van der Waals surface area contributed by atoms with Crippen LogP contribution in [0.1, 0.15) is 78.1 Å². The number of aliphatic hydroxyl groups excluding tert-OH is 1. The van der Waals surface area contributed by atoms with Gasteiger partial charge in [-0.3, -0.25) is 4.79 Å². The molecular weight excluding hydrogens is 454 g/mol. The third-order valence-electron chi connectivity index (χ3n) is 10.4. The molecule has 3 amide bonds. The predicted molar refractivity (Wildman–Crippen MR) is 139 cm³/mol. The summed E-state index contributed by atoms with van der Waals surface area (Å²) in [5.74, 6) is 4.29. The highest BCUT2D eigenvalue weighted by molar-refractivity contribution is 5.83. The van der Waals surface area contributed by atoms with E-state index >= 15 is 0 Å². The summed E-state index contributed by atoms with van der Waals surface area (Å²) < 4.78 is 5.05. The highest BCUT2D eigenvalue weighted by atomic mass is 16.5. The molecule has 2 heterocycles. The molecule has 2 aliphatic heterocycles. The van der Waals surface area contributed by atoms with Gasteiger partial charge in [-0.25, -0.2) is 4.79 Å². The van der Waals surface area contributed by atoms with E-state index in [0.29, 0.717) is 24.3 Å². The highest BCUT2D eigenvalue weighted by Crippen LogP contribution is 2.60. The van der Waals surface area contributed by atoms with Gasteiger partial charge in [0.05, 0.1) is 24.7 Å². The molecule has 0 aromatic carbocycles. The summed E-state index contributed by atoms with van der Waals surface area (Å²) in [6.07, 6.45) is 11.3. The van der Waals surface area contributed by atoms with Gasteiger partial charge in [0.2, 0.25) is 5.91 Å². The first-order valence-electron chi connectivity index (χ1n) is 14.8. The van der Waals surface area contributed by atoms with Gasteiger partial charge in [0.15, 0.2) is 0 Å². The van der Waals surface area contributed by atoms with E-state index in [1.54, 1.807) is 12.0 Å². The van der Waals surface area contributed by atoms with Gasteiger partial charge in [0.25, 0.3) is 0 Å². The Kier molecular flexibility index (Phi) is 7.88. The summed E-state index contributed by atoms with van der Waals surface area (Å²) >= 11 is 0. The topological polar surface area (TPSA) is 73.3 Å². The fourth-order valence-corrected chi connectivity index (χ4v) is 9.01. The number of likely N-dealkylation sites (tertiary alicyclic amines) is 2. The third-order valence-corrected chi connectivity index (χ3v) is 10.4. The first kappa shape index (κ1) is 26.3. The Morgan fingerprint density at radius 2 is 1.36 bits per heavy atom. The van der Waals surface area contributed by atoms with Gasteiger partial charge in [0.1, 0.15) is 0 Å². The Morgan fingerprint density at radius 1 is 0.889 bits per heavy atom. The molecule has 1 atom stereocenters. The van der Waals surface area contributed by atoms with Crippen LogP contribution in [0.5, 0.6) is 0 Å². The molecule has 0 aromatic heterocycles. The van der Waals surface area contributed by atoms with Crippen LogP contribution in [0, 0.1) is 35.0 Å². The Balaban J connectivity index is 1.09. The number of piperidine rings is 2. The summed E-state index contributed by atoms with van der Waals surface area (Å²) in [5, 5.41) is 10.2. The van der Waals surface area contributed by atoms with E-state index in [4.69, 9.17) is 4.74 Å². The number of rotatable bonds is 7. The molecule has 0 aromatic rings. The van der Waals surface area contributed by atoms with Gasteiger partial charge in [-0.05, 0) is 108 Å². The second-order valence-corrected chi connectivity index (χ2v) is 13.3. The van der Waals surface area contributed by atoms with E-state index in [9.17, 15) is 14.7 Å². The van der Waals surface area contributed by atoms with E-state index < -0.39 is 6.10 Å². The lowest BCUT2D eigenvalue weighted by Crippen LogP contribution is -2.56. The zero-order chi connectivity index (χ0) is 25.4. The monoisotopic (exact) mass is 503 g/mol. The fourth-order valence-electron chi connectivity index (χ4n) is 9.01. The minimum absolute atomic E-state index is 0.00753. The second kappa shape index (κ2) is 10.8. The Morgan fingerprint density at radius 3 is 1.81 bits per heavy atom. The van der Waals surface area contributed by atoms with Crippen molar-refractivity contribution in [2.24, 2.45) is 35.0 Å². The molecule has 36 heavy (non-hydrogen) atoms. The maximum atomic E-state index is 13.7. The average Bonchev–Trinajstić information content (AvgIpc) is 2.86. The van der Waals surface area contributed by atoms with Crippen molar-refractivity contribution in [2.75, 3.05) is 46.4 Å². The van der Waals surface area contributed by atoms with Crippen LogP contribution in [0.15, 0.2) is 0 Å². The molecule has 7 heteroatoms. The van der Waals surface area contributed by atoms with Gasteiger partial charge in [-0.1, -0.05) is 0 Å². The van der Waals surface area contributed by atoms with E-state index in [0.717, 1.165) is 69.6 Å². The zero-order valence-corrected chi connectivity index (χ0v) is 22.9. The summed E-state index contributed by atoms with van der Waals surface area (Å²) in [6.45, 7) is 8.00. The molecule has 6 rings (SSSR count). The Labute approximate surface area is 217 Å². The number of carbonyl (C=O) groups is 2. The number of hydrogen-bond donors (Lipinski definition) is 1. The molecule has 4 saturated carbocycles. The van der Waals surface area contributed by atoms with Crippen molar-refractivity contribution in [1.82, 2.24) is 14.7 Å². The van der Waals surface area contributed by atoms with Crippen LogP contribution in [0.2, 0.25) is 0 Å². The summed E-state index contributed by atoms with van der Waals surface area (Å²) in [6, 6.07) is 0.0761. The number of urea groups is 1. The van der Waals surface area contributed by atoms with E-state index in [-0.39, 0.29) is 24.1 Å². The molecule has 4 bridgehead atoms. The number of methoxy groups -OCH3 is 1. The smallest absolute Gasteiger partial charge is 0.320 e. The molecule has 0 spiro atoms. The van der Waals surface area contributed by atoms with Gasteiger partial charge in [0, 0.05) is 39.3 Å². The van der Waals surface area contributed by atoms with Gasteiger partial charge >= 0.3 is 6.03 Å². The molecule has 2 saturated heterocycles. The molecule has 4 aliphatic carbocycles. The maximum absolute atomic E-state index is 13.7.